The number of rotatable bonds is 3. The normalized spacial score (nSPS) is 10.3. The maximum atomic E-state index is 11.5. The summed E-state index contributed by atoms with van der Waals surface area (Å²) in [5, 5.41) is 0. The number of ether oxygens (including phenoxy) is 1. The Bertz CT molecular complexity index is 624. The van der Waals surface area contributed by atoms with Gasteiger partial charge in [-0.1, -0.05) is 6.07 Å². The predicted molar refractivity (Wildman–Crippen MR) is 64.6 cm³/mol. The lowest BCUT2D eigenvalue weighted by Crippen LogP contribution is -2.17. The first-order valence-corrected chi connectivity index (χ1v) is 5.45. The molecule has 0 spiro atoms. The highest BCUT2D eigenvalue weighted by Gasteiger charge is 2.16. The molecule has 2 aromatic heterocycles. The van der Waals surface area contributed by atoms with E-state index in [0.29, 0.717) is 11.3 Å². The van der Waals surface area contributed by atoms with Gasteiger partial charge in [-0.25, -0.2) is 4.79 Å². The summed E-state index contributed by atoms with van der Waals surface area (Å²) in [4.78, 5) is 22.9. The minimum Gasteiger partial charge on any atom is -0.463 e. The Kier molecular flexibility index (Phi) is 3.32. The molecule has 2 rings (SSSR count). The molecule has 5 nitrogen and oxygen atoms in total. The Balaban J connectivity index is 2.29. The highest BCUT2D eigenvalue weighted by atomic mass is 16.5. The van der Waals surface area contributed by atoms with Crippen LogP contribution in [0.15, 0.2) is 39.7 Å². The molecule has 0 amide bonds. The molecule has 0 unspecified atom stereocenters. The van der Waals surface area contributed by atoms with E-state index in [2.05, 4.69) is 4.74 Å². The van der Waals surface area contributed by atoms with E-state index in [9.17, 15) is 9.59 Å². The molecule has 0 aliphatic heterocycles. The van der Waals surface area contributed by atoms with Gasteiger partial charge < -0.3 is 13.7 Å². The van der Waals surface area contributed by atoms with Crippen LogP contribution in [0.1, 0.15) is 21.9 Å². The number of aromatic nitrogens is 1. The summed E-state index contributed by atoms with van der Waals surface area (Å²) in [7, 11) is 1.30. The number of carbonyl (C=O) groups excluding carboxylic acids is 1. The third-order valence-corrected chi connectivity index (χ3v) is 2.56. The van der Waals surface area contributed by atoms with E-state index in [1.54, 1.807) is 31.3 Å². The van der Waals surface area contributed by atoms with Crippen molar-refractivity contribution >= 4 is 5.97 Å². The molecule has 0 radical (unpaired) electrons. The molecule has 2 aromatic rings. The number of esters is 1. The summed E-state index contributed by atoms with van der Waals surface area (Å²) in [6.07, 6.45) is 1.66. The second-order valence-corrected chi connectivity index (χ2v) is 3.88. The molecular formula is C13H13NO4. The van der Waals surface area contributed by atoms with Crippen LogP contribution in [-0.2, 0) is 11.3 Å². The maximum absolute atomic E-state index is 11.5. The number of aryl methyl sites for hydroxylation is 1. The van der Waals surface area contributed by atoms with E-state index < -0.39 is 5.97 Å². The van der Waals surface area contributed by atoms with Crippen molar-refractivity contribution in [1.29, 1.82) is 0 Å². The van der Waals surface area contributed by atoms with E-state index in [-0.39, 0.29) is 17.9 Å². The number of hydrogen-bond acceptors (Lipinski definition) is 4. The van der Waals surface area contributed by atoms with Crippen LogP contribution in [0.5, 0.6) is 0 Å². The van der Waals surface area contributed by atoms with Crippen LogP contribution < -0.4 is 5.56 Å². The lowest BCUT2D eigenvalue weighted by Gasteiger charge is -2.01. The van der Waals surface area contributed by atoms with E-state index in [1.807, 2.05) is 0 Å². The summed E-state index contributed by atoms with van der Waals surface area (Å²) >= 11 is 0. The molecule has 0 fully saturated rings. The second-order valence-electron chi connectivity index (χ2n) is 3.88. The van der Waals surface area contributed by atoms with Gasteiger partial charge in [-0.05, 0) is 19.1 Å². The maximum Gasteiger partial charge on any atom is 0.374 e. The van der Waals surface area contributed by atoms with Gasteiger partial charge >= 0.3 is 5.97 Å². The van der Waals surface area contributed by atoms with Crippen LogP contribution in [-0.4, -0.2) is 17.6 Å². The average molecular weight is 247 g/mol. The van der Waals surface area contributed by atoms with Gasteiger partial charge in [0.15, 0.2) is 0 Å². The van der Waals surface area contributed by atoms with E-state index >= 15 is 0 Å². The van der Waals surface area contributed by atoms with Crippen molar-refractivity contribution < 1.29 is 13.9 Å². The highest BCUT2D eigenvalue weighted by molar-refractivity contribution is 5.87. The van der Waals surface area contributed by atoms with Crippen LogP contribution in [0.25, 0.3) is 0 Å². The Morgan fingerprint density at radius 2 is 2.22 bits per heavy atom. The smallest absolute Gasteiger partial charge is 0.374 e. The molecule has 2 heterocycles. The van der Waals surface area contributed by atoms with Crippen LogP contribution in [0.4, 0.5) is 0 Å². The van der Waals surface area contributed by atoms with Crippen LogP contribution >= 0.6 is 0 Å². The van der Waals surface area contributed by atoms with Gasteiger partial charge in [0.2, 0.25) is 5.76 Å². The van der Waals surface area contributed by atoms with Crippen LogP contribution in [0.3, 0.4) is 0 Å². The number of carbonyl (C=O) groups is 1. The summed E-state index contributed by atoms with van der Waals surface area (Å²) in [5.74, 6) is 0.205. The zero-order chi connectivity index (χ0) is 13.1. The van der Waals surface area contributed by atoms with Gasteiger partial charge in [0.25, 0.3) is 5.56 Å². The lowest BCUT2D eigenvalue weighted by atomic mass is 10.2. The van der Waals surface area contributed by atoms with Gasteiger partial charge in [-0.3, -0.25) is 4.79 Å². The molecule has 94 valence electrons. The van der Waals surface area contributed by atoms with Crippen LogP contribution in [0.2, 0.25) is 0 Å². The quantitative estimate of drug-likeness (QED) is 0.773. The summed E-state index contributed by atoms with van der Waals surface area (Å²) in [6.45, 7) is 2.05. The topological polar surface area (TPSA) is 61.4 Å². The molecule has 0 aliphatic rings. The van der Waals surface area contributed by atoms with Crippen molar-refractivity contribution in [2.75, 3.05) is 7.11 Å². The zero-order valence-corrected chi connectivity index (χ0v) is 10.2. The number of pyridine rings is 1. The Morgan fingerprint density at radius 3 is 2.89 bits per heavy atom. The zero-order valence-electron chi connectivity index (χ0n) is 10.2. The fraction of sp³-hybridized carbons (Fsp3) is 0.231. The monoisotopic (exact) mass is 247 g/mol. The van der Waals surface area contributed by atoms with Crippen molar-refractivity contribution in [3.05, 3.63) is 57.9 Å². The molecule has 0 N–H and O–H groups in total. The van der Waals surface area contributed by atoms with Crippen LogP contribution in [0, 0.1) is 6.92 Å². The number of hydrogen-bond donors (Lipinski definition) is 0. The largest absolute Gasteiger partial charge is 0.463 e. The first-order valence-electron chi connectivity index (χ1n) is 5.45. The van der Waals surface area contributed by atoms with Crippen molar-refractivity contribution in [3.63, 3.8) is 0 Å². The van der Waals surface area contributed by atoms with Crippen molar-refractivity contribution in [2.24, 2.45) is 0 Å². The van der Waals surface area contributed by atoms with Gasteiger partial charge in [0.1, 0.15) is 5.76 Å². The molecule has 0 saturated heterocycles. The number of methoxy groups -OCH3 is 1. The SMILES string of the molecule is COC(=O)c1oc(Cn2ccccc2=O)cc1C. The number of nitrogens with zero attached hydrogens (tertiary/aromatic N) is 1. The number of furan rings is 1. The molecule has 0 bridgehead atoms. The molecule has 0 atom stereocenters. The molecule has 18 heavy (non-hydrogen) atoms. The molecule has 5 heteroatoms. The summed E-state index contributed by atoms with van der Waals surface area (Å²) < 4.78 is 11.5. The van der Waals surface area contributed by atoms with E-state index in [4.69, 9.17) is 4.42 Å². The summed E-state index contributed by atoms with van der Waals surface area (Å²) in [6, 6.07) is 6.63. The minimum absolute atomic E-state index is 0.119. The second kappa shape index (κ2) is 4.91. The molecular weight excluding hydrogens is 234 g/mol. The third-order valence-electron chi connectivity index (χ3n) is 2.56. The third kappa shape index (κ3) is 2.34. The van der Waals surface area contributed by atoms with E-state index in [1.165, 1.54) is 17.7 Å². The van der Waals surface area contributed by atoms with Gasteiger partial charge in [0, 0.05) is 17.8 Å². The Hall–Kier alpha value is -2.30. The molecule has 0 saturated carbocycles. The predicted octanol–water partition coefficient (Wildman–Crippen LogP) is 1.58. The first kappa shape index (κ1) is 12.2. The van der Waals surface area contributed by atoms with Gasteiger partial charge in [0.05, 0.1) is 13.7 Å². The average Bonchev–Trinajstić information content (AvgIpc) is 2.72. The highest BCUT2D eigenvalue weighted by Crippen LogP contribution is 2.16. The van der Waals surface area contributed by atoms with Crippen molar-refractivity contribution in [3.8, 4) is 0 Å². The molecule has 0 aliphatic carbocycles. The Morgan fingerprint density at radius 1 is 1.44 bits per heavy atom. The minimum atomic E-state index is -0.515. The first-order chi connectivity index (χ1) is 8.61. The van der Waals surface area contributed by atoms with E-state index in [0.717, 1.165) is 0 Å². The Labute approximate surface area is 104 Å². The fourth-order valence-corrected chi connectivity index (χ4v) is 1.68. The molecule has 0 aromatic carbocycles. The summed E-state index contributed by atoms with van der Waals surface area (Å²) in [5.41, 5.74) is 0.576. The fourth-order valence-electron chi connectivity index (χ4n) is 1.68. The van der Waals surface area contributed by atoms with Gasteiger partial charge in [-0.2, -0.15) is 0 Å². The van der Waals surface area contributed by atoms with Gasteiger partial charge in [-0.15, -0.1) is 0 Å². The van der Waals surface area contributed by atoms with Crippen molar-refractivity contribution in [1.82, 2.24) is 4.57 Å². The lowest BCUT2D eigenvalue weighted by molar-refractivity contribution is 0.0561. The van der Waals surface area contributed by atoms with Crippen molar-refractivity contribution in [2.45, 2.75) is 13.5 Å². The standard InChI is InChI=1S/C13H13NO4/c1-9-7-10(18-12(9)13(16)17-2)8-14-6-4-3-5-11(14)15/h3-7H,8H2,1-2H3.